The van der Waals surface area contributed by atoms with E-state index in [-0.39, 0.29) is 0 Å². The van der Waals surface area contributed by atoms with Gasteiger partial charge in [0.05, 0.1) is 16.8 Å². The summed E-state index contributed by atoms with van der Waals surface area (Å²) < 4.78 is 0. The molecule has 0 N–H and O–H groups in total. The lowest BCUT2D eigenvalue weighted by Crippen LogP contribution is -2.27. The fraction of sp³-hybridized carbons (Fsp3) is 0.0545. The first kappa shape index (κ1) is 32.6. The minimum Gasteiger partial charge on any atom is -0.309 e. The summed E-state index contributed by atoms with van der Waals surface area (Å²) in [5, 5.41) is 0. The summed E-state index contributed by atoms with van der Waals surface area (Å²) in [7, 11) is 0. The molecular weight excluding hydrogens is 707 g/mol. The number of hydrogen-bond donors (Lipinski definition) is 0. The Labute approximate surface area is 338 Å². The largest absolute Gasteiger partial charge is 0.309 e. The van der Waals surface area contributed by atoms with Crippen LogP contribution in [0.2, 0.25) is 0 Å². The summed E-state index contributed by atoms with van der Waals surface area (Å²) in [6.07, 6.45) is 7.00. The normalized spacial score (nSPS) is 15.1. The van der Waals surface area contributed by atoms with Gasteiger partial charge in [0, 0.05) is 15.5 Å². The first-order valence-electron chi connectivity index (χ1n) is 20.0. The maximum absolute atomic E-state index is 2.54. The molecule has 268 valence electrons. The third-order valence-electron chi connectivity index (χ3n) is 12.5. The second kappa shape index (κ2) is 12.7. The average Bonchev–Trinajstić information content (AvgIpc) is 3.74. The van der Waals surface area contributed by atoms with Gasteiger partial charge in [0.15, 0.2) is 0 Å². The SMILES string of the molecule is C1=C2Sc3ccccc3N(c3ccc4c(c3)C3(c5cc(-c6ccccc6)ccc5-c5ccc(-c6ccccc6)cc53)c3cc(-c5ccccc5)ccc3-4)C2=CCC1. The highest BCUT2D eigenvalue weighted by atomic mass is 32.2. The van der Waals surface area contributed by atoms with Crippen LogP contribution >= 0.6 is 11.8 Å². The van der Waals surface area contributed by atoms with Gasteiger partial charge in [-0.05, 0) is 133 Å². The predicted octanol–water partition coefficient (Wildman–Crippen LogP) is 14.8. The molecule has 0 saturated carbocycles. The maximum atomic E-state index is 2.54. The van der Waals surface area contributed by atoms with Gasteiger partial charge in [-0.15, -0.1) is 0 Å². The molecule has 0 aromatic heterocycles. The van der Waals surface area contributed by atoms with Crippen molar-refractivity contribution in [2.75, 3.05) is 4.90 Å². The first-order valence-corrected chi connectivity index (χ1v) is 20.8. The molecule has 0 unspecified atom stereocenters. The molecule has 2 heteroatoms. The molecular formula is C55H37NS. The van der Waals surface area contributed by atoms with Crippen molar-refractivity contribution < 1.29 is 0 Å². The Balaban J connectivity index is 1.19. The number of anilines is 2. The number of hydrogen-bond acceptors (Lipinski definition) is 2. The van der Waals surface area contributed by atoms with Crippen LogP contribution < -0.4 is 4.90 Å². The summed E-state index contributed by atoms with van der Waals surface area (Å²) in [6.45, 7) is 0. The number of nitrogens with zero attached hydrogens (tertiary/aromatic N) is 1. The second-order valence-corrected chi connectivity index (χ2v) is 16.6. The van der Waals surface area contributed by atoms with E-state index < -0.39 is 5.41 Å². The molecule has 0 saturated heterocycles. The van der Waals surface area contributed by atoms with Crippen LogP contribution in [0.25, 0.3) is 55.6 Å². The topological polar surface area (TPSA) is 3.24 Å². The van der Waals surface area contributed by atoms with Gasteiger partial charge in [-0.25, -0.2) is 0 Å². The number of thioether (sulfide) groups is 1. The van der Waals surface area contributed by atoms with Crippen LogP contribution in [-0.4, -0.2) is 0 Å². The molecule has 4 aliphatic rings. The molecule has 0 atom stereocenters. The van der Waals surface area contributed by atoms with Gasteiger partial charge in [-0.1, -0.05) is 170 Å². The van der Waals surface area contributed by atoms with Gasteiger partial charge < -0.3 is 4.90 Å². The van der Waals surface area contributed by atoms with E-state index in [9.17, 15) is 0 Å². The van der Waals surface area contributed by atoms with Crippen molar-refractivity contribution in [3.05, 3.63) is 233 Å². The molecule has 0 bridgehead atoms. The Morgan fingerprint density at radius 2 is 0.825 bits per heavy atom. The van der Waals surface area contributed by atoms with E-state index in [1.165, 1.54) is 105 Å². The first-order chi connectivity index (χ1) is 28.3. The van der Waals surface area contributed by atoms with Crippen LogP contribution in [0.4, 0.5) is 11.4 Å². The van der Waals surface area contributed by atoms with Crippen molar-refractivity contribution in [2.24, 2.45) is 0 Å². The van der Waals surface area contributed by atoms with E-state index in [1.807, 2.05) is 11.8 Å². The fourth-order valence-corrected chi connectivity index (χ4v) is 11.1. The van der Waals surface area contributed by atoms with Crippen LogP contribution in [0.3, 0.4) is 0 Å². The van der Waals surface area contributed by atoms with E-state index in [0.29, 0.717) is 0 Å². The zero-order chi connectivity index (χ0) is 37.5. The van der Waals surface area contributed by atoms with Crippen molar-refractivity contribution in [1.82, 2.24) is 0 Å². The molecule has 1 aliphatic heterocycles. The molecule has 8 aromatic carbocycles. The zero-order valence-electron chi connectivity index (χ0n) is 31.3. The van der Waals surface area contributed by atoms with Crippen molar-refractivity contribution in [2.45, 2.75) is 23.2 Å². The van der Waals surface area contributed by atoms with Crippen molar-refractivity contribution in [3.8, 4) is 55.6 Å². The van der Waals surface area contributed by atoms with E-state index >= 15 is 0 Å². The lowest BCUT2D eigenvalue weighted by molar-refractivity contribution is 0.794. The molecule has 1 spiro atoms. The van der Waals surface area contributed by atoms with Crippen LogP contribution in [0.5, 0.6) is 0 Å². The Morgan fingerprint density at radius 3 is 1.35 bits per heavy atom. The highest BCUT2D eigenvalue weighted by Gasteiger charge is 2.52. The number of fused-ring (bicyclic) bond motifs is 12. The highest BCUT2D eigenvalue weighted by Crippen LogP contribution is 2.65. The molecule has 8 aromatic rings. The van der Waals surface area contributed by atoms with E-state index in [4.69, 9.17) is 0 Å². The van der Waals surface area contributed by atoms with E-state index in [1.54, 1.807) is 0 Å². The van der Waals surface area contributed by atoms with Gasteiger partial charge in [0.2, 0.25) is 0 Å². The molecule has 0 amide bonds. The lowest BCUT2D eigenvalue weighted by atomic mass is 9.69. The van der Waals surface area contributed by atoms with Crippen molar-refractivity contribution in [1.29, 1.82) is 0 Å². The van der Waals surface area contributed by atoms with Crippen LogP contribution in [0.1, 0.15) is 35.1 Å². The standard InChI is InChI=1S/C55H37NS/c1-4-14-36(15-5-1)39-24-28-43-44-29-25-40(37-16-6-2-7-17-37)33-48(44)55(47(43)32-39)49-34-41(38-18-8-3-9-19-38)26-30-45(49)46-31-27-42(35-50(46)55)56-51-20-10-12-22-53(51)57-54-23-13-11-21-52(54)56/h1-10,12,14-35H,11,13H2. The molecule has 57 heavy (non-hydrogen) atoms. The monoisotopic (exact) mass is 743 g/mol. The Kier molecular flexibility index (Phi) is 7.27. The lowest BCUT2D eigenvalue weighted by Gasteiger charge is -2.37. The van der Waals surface area contributed by atoms with Gasteiger partial charge in [0.1, 0.15) is 0 Å². The third kappa shape index (κ3) is 4.84. The summed E-state index contributed by atoms with van der Waals surface area (Å²) in [5.74, 6) is 0. The minimum atomic E-state index is -0.560. The molecule has 12 rings (SSSR count). The number of allylic oxidation sites excluding steroid dienone is 2. The molecule has 0 fully saturated rings. The van der Waals surface area contributed by atoms with Crippen LogP contribution in [0.15, 0.2) is 216 Å². The Morgan fingerprint density at radius 1 is 0.386 bits per heavy atom. The van der Waals surface area contributed by atoms with Crippen molar-refractivity contribution >= 4 is 23.1 Å². The zero-order valence-corrected chi connectivity index (χ0v) is 32.1. The Bertz CT molecular complexity index is 2810. The third-order valence-corrected chi connectivity index (χ3v) is 13.7. The van der Waals surface area contributed by atoms with Crippen LogP contribution in [-0.2, 0) is 5.41 Å². The molecule has 1 nitrogen and oxygen atoms in total. The highest BCUT2D eigenvalue weighted by molar-refractivity contribution is 8.03. The second-order valence-electron chi connectivity index (χ2n) is 15.5. The molecule has 3 aliphatic carbocycles. The molecule has 1 heterocycles. The summed E-state index contributed by atoms with van der Waals surface area (Å²) in [6, 6.07) is 70.5. The maximum Gasteiger partial charge on any atom is 0.0726 e. The number of benzene rings is 8. The van der Waals surface area contributed by atoms with Gasteiger partial charge >= 0.3 is 0 Å². The average molecular weight is 744 g/mol. The number of para-hydroxylation sites is 1. The van der Waals surface area contributed by atoms with Gasteiger partial charge in [-0.3, -0.25) is 0 Å². The van der Waals surface area contributed by atoms with Gasteiger partial charge in [-0.2, -0.15) is 0 Å². The minimum absolute atomic E-state index is 0.560. The summed E-state index contributed by atoms with van der Waals surface area (Å²) in [4.78, 5) is 5.17. The smallest absolute Gasteiger partial charge is 0.0726 e. The van der Waals surface area contributed by atoms with E-state index in [2.05, 4.69) is 205 Å². The van der Waals surface area contributed by atoms with E-state index in [0.717, 1.165) is 12.8 Å². The predicted molar refractivity (Wildman–Crippen MR) is 239 cm³/mol. The quantitative estimate of drug-likeness (QED) is 0.177. The fourth-order valence-electron chi connectivity index (χ4n) is 9.98. The summed E-state index contributed by atoms with van der Waals surface area (Å²) >= 11 is 1.90. The van der Waals surface area contributed by atoms with Crippen molar-refractivity contribution in [3.63, 3.8) is 0 Å². The van der Waals surface area contributed by atoms with Gasteiger partial charge in [0.25, 0.3) is 0 Å². The summed E-state index contributed by atoms with van der Waals surface area (Å²) in [5.41, 5.74) is 21.2. The molecule has 0 radical (unpaired) electrons. The Hall–Kier alpha value is -6.61. The number of rotatable bonds is 4. The van der Waals surface area contributed by atoms with Crippen LogP contribution in [0, 0.1) is 0 Å².